The van der Waals surface area contributed by atoms with Crippen LogP contribution in [0.1, 0.15) is 18.4 Å². The largest absolute Gasteiger partial charge is 0.368 e. The molecule has 0 aromatic heterocycles. The normalized spacial score (nSPS) is 14.0. The summed E-state index contributed by atoms with van der Waals surface area (Å²) in [7, 11) is 0. The number of halogens is 1. The van der Waals surface area contributed by atoms with E-state index in [-0.39, 0.29) is 18.4 Å². The van der Waals surface area contributed by atoms with Gasteiger partial charge in [-0.25, -0.2) is 0 Å². The molecule has 2 aromatic carbocycles. The van der Waals surface area contributed by atoms with Gasteiger partial charge in [-0.3, -0.25) is 9.59 Å². The molecule has 1 aliphatic heterocycles. The fourth-order valence-corrected chi connectivity index (χ4v) is 3.46. The van der Waals surface area contributed by atoms with E-state index in [0.29, 0.717) is 19.5 Å². The standard InChI is InChI=1S/C22H26ClN3O2/c23-19-9-11-20(12-10-19)25-13-15-26(16-14-25)22(28)17-24-21(27)8-4-7-18-5-2-1-3-6-18/h1-3,5-6,9-12H,4,7-8,13-17H2,(H,24,27). The Hall–Kier alpha value is -2.53. The fourth-order valence-electron chi connectivity index (χ4n) is 3.34. The molecule has 1 heterocycles. The van der Waals surface area contributed by atoms with Crippen LogP contribution in [0.4, 0.5) is 5.69 Å². The third-order valence-electron chi connectivity index (χ3n) is 4.97. The molecule has 0 aliphatic carbocycles. The molecule has 6 heteroatoms. The first kappa shape index (κ1) is 20.2. The minimum Gasteiger partial charge on any atom is -0.368 e. The SMILES string of the molecule is O=C(CCCc1ccccc1)NCC(=O)N1CCN(c2ccc(Cl)cc2)CC1. The highest BCUT2D eigenvalue weighted by atomic mass is 35.5. The van der Waals surface area contributed by atoms with E-state index in [4.69, 9.17) is 11.6 Å². The Kier molecular flexibility index (Phi) is 7.31. The molecule has 2 amide bonds. The number of piperazine rings is 1. The number of nitrogens with one attached hydrogen (secondary N) is 1. The van der Waals surface area contributed by atoms with Crippen LogP contribution < -0.4 is 10.2 Å². The van der Waals surface area contributed by atoms with Gasteiger partial charge < -0.3 is 15.1 Å². The van der Waals surface area contributed by atoms with E-state index in [2.05, 4.69) is 22.3 Å². The summed E-state index contributed by atoms with van der Waals surface area (Å²) < 4.78 is 0. The Morgan fingerprint density at radius 1 is 0.929 bits per heavy atom. The maximum Gasteiger partial charge on any atom is 0.242 e. The van der Waals surface area contributed by atoms with E-state index in [1.54, 1.807) is 0 Å². The van der Waals surface area contributed by atoms with Crippen molar-refractivity contribution in [1.82, 2.24) is 10.2 Å². The van der Waals surface area contributed by atoms with E-state index in [1.165, 1.54) is 5.56 Å². The van der Waals surface area contributed by atoms with Gasteiger partial charge >= 0.3 is 0 Å². The highest BCUT2D eigenvalue weighted by molar-refractivity contribution is 6.30. The van der Waals surface area contributed by atoms with Crippen molar-refractivity contribution in [2.45, 2.75) is 19.3 Å². The molecule has 2 aromatic rings. The van der Waals surface area contributed by atoms with Crippen LogP contribution in [-0.4, -0.2) is 49.4 Å². The van der Waals surface area contributed by atoms with Gasteiger partial charge in [0, 0.05) is 43.3 Å². The van der Waals surface area contributed by atoms with Crippen molar-refractivity contribution in [2.75, 3.05) is 37.6 Å². The maximum atomic E-state index is 12.4. The molecule has 1 fully saturated rings. The molecule has 0 atom stereocenters. The highest BCUT2D eigenvalue weighted by Gasteiger charge is 2.21. The number of carbonyl (C=O) groups is 2. The predicted octanol–water partition coefficient (Wildman–Crippen LogP) is 3.13. The van der Waals surface area contributed by atoms with Crippen LogP contribution in [0, 0.1) is 0 Å². The van der Waals surface area contributed by atoms with Crippen molar-refractivity contribution >= 4 is 29.1 Å². The molecule has 0 radical (unpaired) electrons. The lowest BCUT2D eigenvalue weighted by molar-refractivity contribution is -0.133. The second-order valence-electron chi connectivity index (χ2n) is 6.96. The molecule has 28 heavy (non-hydrogen) atoms. The molecule has 0 spiro atoms. The number of rotatable bonds is 7. The monoisotopic (exact) mass is 399 g/mol. The summed E-state index contributed by atoms with van der Waals surface area (Å²) in [6, 6.07) is 17.9. The average molecular weight is 400 g/mol. The fraction of sp³-hybridized carbons (Fsp3) is 0.364. The molecule has 148 valence electrons. The van der Waals surface area contributed by atoms with E-state index in [0.717, 1.165) is 36.6 Å². The smallest absolute Gasteiger partial charge is 0.242 e. The topological polar surface area (TPSA) is 52.7 Å². The first-order chi connectivity index (χ1) is 13.6. The van der Waals surface area contributed by atoms with E-state index in [1.807, 2.05) is 47.4 Å². The van der Waals surface area contributed by atoms with Gasteiger partial charge in [-0.1, -0.05) is 41.9 Å². The summed E-state index contributed by atoms with van der Waals surface area (Å²) in [5.74, 6) is -0.0868. The van der Waals surface area contributed by atoms with Gasteiger partial charge in [-0.05, 0) is 42.7 Å². The van der Waals surface area contributed by atoms with Gasteiger partial charge in [0.05, 0.1) is 6.54 Å². The van der Waals surface area contributed by atoms with Crippen LogP contribution in [0.5, 0.6) is 0 Å². The van der Waals surface area contributed by atoms with Crippen molar-refractivity contribution < 1.29 is 9.59 Å². The number of anilines is 1. The molecular weight excluding hydrogens is 374 g/mol. The second kappa shape index (κ2) is 10.1. The summed E-state index contributed by atoms with van der Waals surface area (Å²) in [6.45, 7) is 2.94. The Morgan fingerprint density at radius 3 is 2.29 bits per heavy atom. The minimum absolute atomic E-state index is 0.0211. The number of benzene rings is 2. The molecule has 0 bridgehead atoms. The van der Waals surface area contributed by atoms with Crippen molar-refractivity contribution in [1.29, 1.82) is 0 Å². The third kappa shape index (κ3) is 5.99. The zero-order valence-electron chi connectivity index (χ0n) is 15.9. The number of hydrogen-bond donors (Lipinski definition) is 1. The van der Waals surface area contributed by atoms with Crippen molar-refractivity contribution in [3.8, 4) is 0 Å². The van der Waals surface area contributed by atoms with Gasteiger partial charge in [0.15, 0.2) is 0 Å². The molecule has 0 saturated carbocycles. The minimum atomic E-state index is -0.0657. The number of hydrogen-bond acceptors (Lipinski definition) is 3. The van der Waals surface area contributed by atoms with Gasteiger partial charge in [-0.2, -0.15) is 0 Å². The second-order valence-corrected chi connectivity index (χ2v) is 7.40. The zero-order chi connectivity index (χ0) is 19.8. The zero-order valence-corrected chi connectivity index (χ0v) is 16.7. The molecular formula is C22H26ClN3O2. The number of aryl methyl sites for hydroxylation is 1. The summed E-state index contributed by atoms with van der Waals surface area (Å²) in [6.07, 6.45) is 2.09. The van der Waals surface area contributed by atoms with Crippen LogP contribution >= 0.6 is 11.6 Å². The Bertz CT molecular complexity index is 772. The molecule has 0 unspecified atom stereocenters. The summed E-state index contributed by atoms with van der Waals surface area (Å²) in [5.41, 5.74) is 2.34. The van der Waals surface area contributed by atoms with E-state index in [9.17, 15) is 9.59 Å². The van der Waals surface area contributed by atoms with Gasteiger partial charge in [0.2, 0.25) is 11.8 Å². The summed E-state index contributed by atoms with van der Waals surface area (Å²) in [5, 5.41) is 3.48. The highest BCUT2D eigenvalue weighted by Crippen LogP contribution is 2.19. The van der Waals surface area contributed by atoms with Gasteiger partial charge in [0.25, 0.3) is 0 Å². The first-order valence-corrected chi connectivity index (χ1v) is 10.1. The Labute approximate surface area is 171 Å². The van der Waals surface area contributed by atoms with Crippen LogP contribution in [-0.2, 0) is 16.0 Å². The lowest BCUT2D eigenvalue weighted by atomic mass is 10.1. The number of amides is 2. The van der Waals surface area contributed by atoms with E-state index >= 15 is 0 Å². The van der Waals surface area contributed by atoms with Crippen LogP contribution in [0.25, 0.3) is 0 Å². The number of carbonyl (C=O) groups excluding carboxylic acids is 2. The van der Waals surface area contributed by atoms with Crippen LogP contribution in [0.2, 0.25) is 5.02 Å². The summed E-state index contributed by atoms with van der Waals surface area (Å²) >= 11 is 5.93. The molecule has 1 aliphatic rings. The summed E-state index contributed by atoms with van der Waals surface area (Å²) in [4.78, 5) is 28.4. The quantitative estimate of drug-likeness (QED) is 0.778. The van der Waals surface area contributed by atoms with Gasteiger partial charge in [0.1, 0.15) is 0 Å². The Morgan fingerprint density at radius 2 is 1.61 bits per heavy atom. The molecule has 1 saturated heterocycles. The van der Waals surface area contributed by atoms with Crippen molar-refractivity contribution in [3.63, 3.8) is 0 Å². The molecule has 5 nitrogen and oxygen atoms in total. The average Bonchev–Trinajstić information content (AvgIpc) is 2.73. The number of nitrogens with zero attached hydrogens (tertiary/aromatic N) is 2. The van der Waals surface area contributed by atoms with Crippen LogP contribution in [0.15, 0.2) is 54.6 Å². The van der Waals surface area contributed by atoms with Crippen molar-refractivity contribution in [2.24, 2.45) is 0 Å². The molecule has 1 N–H and O–H groups in total. The third-order valence-corrected chi connectivity index (χ3v) is 5.23. The van der Waals surface area contributed by atoms with E-state index < -0.39 is 0 Å². The Balaban J connectivity index is 1.34. The lowest BCUT2D eigenvalue weighted by Crippen LogP contribution is -2.51. The maximum absolute atomic E-state index is 12.4. The van der Waals surface area contributed by atoms with Gasteiger partial charge in [-0.15, -0.1) is 0 Å². The van der Waals surface area contributed by atoms with Crippen LogP contribution in [0.3, 0.4) is 0 Å². The predicted molar refractivity (Wildman–Crippen MR) is 113 cm³/mol. The first-order valence-electron chi connectivity index (χ1n) is 9.71. The lowest BCUT2D eigenvalue weighted by Gasteiger charge is -2.36. The van der Waals surface area contributed by atoms with Crippen molar-refractivity contribution in [3.05, 3.63) is 65.2 Å². The molecule has 3 rings (SSSR count).